The summed E-state index contributed by atoms with van der Waals surface area (Å²) in [6, 6.07) is -0.942. The van der Waals surface area contributed by atoms with E-state index in [4.69, 9.17) is 21.9 Å². The molecule has 0 radical (unpaired) electrons. The second-order valence-electron chi connectivity index (χ2n) is 1.50. The van der Waals surface area contributed by atoms with E-state index in [1.165, 1.54) is 0 Å². The molecule has 4 nitrogen and oxygen atoms in total. The Morgan fingerprint density at radius 3 is 2.44 bits per heavy atom. The van der Waals surface area contributed by atoms with Crippen LogP contribution >= 0.6 is 11.6 Å². The van der Waals surface area contributed by atoms with Crippen molar-refractivity contribution < 1.29 is 15.1 Å². The molecule has 54 valence electrons. The number of hydrogen-bond donors (Lipinski definition) is 3. The lowest BCUT2D eigenvalue weighted by atomic mass is 10.2. The predicted octanol–water partition coefficient (Wildman–Crippen LogP) is 0.0473. The SMILES string of the molecule is O=C(O)C(CCCl)NO. The summed E-state index contributed by atoms with van der Waals surface area (Å²) < 4.78 is 0. The van der Waals surface area contributed by atoms with E-state index in [-0.39, 0.29) is 12.3 Å². The lowest BCUT2D eigenvalue weighted by molar-refractivity contribution is -0.142. The Bertz CT molecular complexity index is 97.8. The molecule has 0 fully saturated rings. The first-order valence-corrected chi connectivity index (χ1v) is 2.94. The molecule has 0 aromatic carbocycles. The van der Waals surface area contributed by atoms with E-state index in [2.05, 4.69) is 0 Å². The van der Waals surface area contributed by atoms with Gasteiger partial charge in [0, 0.05) is 5.88 Å². The molecule has 0 spiro atoms. The molecule has 1 unspecified atom stereocenters. The van der Waals surface area contributed by atoms with E-state index in [0.29, 0.717) is 0 Å². The Kier molecular flexibility index (Phi) is 4.39. The fraction of sp³-hybridized carbons (Fsp3) is 0.750. The van der Waals surface area contributed by atoms with Gasteiger partial charge in [-0.05, 0) is 6.42 Å². The predicted molar refractivity (Wildman–Crippen MR) is 31.7 cm³/mol. The number of nitrogens with one attached hydrogen (secondary N) is 1. The molecule has 3 N–H and O–H groups in total. The molecule has 0 heterocycles. The number of hydroxylamine groups is 1. The van der Waals surface area contributed by atoms with E-state index < -0.39 is 12.0 Å². The third kappa shape index (κ3) is 3.29. The fourth-order valence-corrected chi connectivity index (χ4v) is 0.571. The average Bonchev–Trinajstić information content (AvgIpc) is 1.82. The second kappa shape index (κ2) is 4.55. The van der Waals surface area contributed by atoms with Crippen LogP contribution in [0.4, 0.5) is 0 Å². The van der Waals surface area contributed by atoms with Gasteiger partial charge in [-0.2, -0.15) is 5.48 Å². The number of carbonyl (C=O) groups is 1. The standard InChI is InChI=1S/C4H8ClNO3/c5-2-1-3(6-9)4(7)8/h3,6,9H,1-2H2,(H,7,8). The summed E-state index contributed by atoms with van der Waals surface area (Å²) in [6.45, 7) is 0. The van der Waals surface area contributed by atoms with Crippen LogP contribution in [-0.2, 0) is 4.79 Å². The molecule has 0 amide bonds. The summed E-state index contributed by atoms with van der Waals surface area (Å²) in [5.74, 6) is -0.886. The summed E-state index contributed by atoms with van der Waals surface area (Å²) in [4.78, 5) is 10.0. The highest BCUT2D eigenvalue weighted by Gasteiger charge is 2.13. The molecular formula is C4H8ClNO3. The first-order chi connectivity index (χ1) is 4.22. The number of alkyl halides is 1. The van der Waals surface area contributed by atoms with Crippen LogP contribution in [0.15, 0.2) is 0 Å². The highest BCUT2D eigenvalue weighted by Crippen LogP contribution is 1.92. The molecule has 0 aliphatic rings. The van der Waals surface area contributed by atoms with Gasteiger partial charge in [0.2, 0.25) is 0 Å². The molecule has 0 saturated carbocycles. The van der Waals surface area contributed by atoms with Crippen molar-refractivity contribution in [1.82, 2.24) is 5.48 Å². The van der Waals surface area contributed by atoms with Gasteiger partial charge in [0.05, 0.1) is 0 Å². The third-order valence-corrected chi connectivity index (χ3v) is 1.07. The highest BCUT2D eigenvalue weighted by molar-refractivity contribution is 6.18. The number of carboxylic acid groups (broad SMARTS) is 1. The maximum Gasteiger partial charge on any atom is 0.323 e. The van der Waals surface area contributed by atoms with Gasteiger partial charge in [-0.1, -0.05) is 0 Å². The lowest BCUT2D eigenvalue weighted by Crippen LogP contribution is -2.34. The fourth-order valence-electron chi connectivity index (χ4n) is 0.352. The maximum absolute atomic E-state index is 10.0. The van der Waals surface area contributed by atoms with Crippen molar-refractivity contribution in [2.24, 2.45) is 0 Å². The molecule has 5 heteroatoms. The van der Waals surface area contributed by atoms with Crippen LogP contribution in [0.5, 0.6) is 0 Å². The summed E-state index contributed by atoms with van der Waals surface area (Å²) in [7, 11) is 0. The maximum atomic E-state index is 10.0. The van der Waals surface area contributed by atoms with Crippen molar-refractivity contribution in [1.29, 1.82) is 0 Å². The summed E-state index contributed by atoms with van der Waals surface area (Å²) >= 11 is 5.20. The second-order valence-corrected chi connectivity index (χ2v) is 1.88. The Balaban J connectivity index is 3.54. The largest absolute Gasteiger partial charge is 0.480 e. The van der Waals surface area contributed by atoms with E-state index in [9.17, 15) is 4.79 Å². The van der Waals surface area contributed by atoms with Crippen molar-refractivity contribution in [3.05, 3.63) is 0 Å². The Hall–Kier alpha value is -0.320. The topological polar surface area (TPSA) is 69.6 Å². The smallest absolute Gasteiger partial charge is 0.323 e. The van der Waals surface area contributed by atoms with E-state index >= 15 is 0 Å². The molecule has 0 aromatic rings. The quantitative estimate of drug-likeness (QED) is 0.394. The molecule has 1 atom stereocenters. The van der Waals surface area contributed by atoms with E-state index in [0.717, 1.165) is 0 Å². The molecular weight excluding hydrogens is 146 g/mol. The van der Waals surface area contributed by atoms with Crippen LogP contribution < -0.4 is 5.48 Å². The van der Waals surface area contributed by atoms with Gasteiger partial charge >= 0.3 is 5.97 Å². The number of hydrogen-bond acceptors (Lipinski definition) is 3. The van der Waals surface area contributed by atoms with Crippen LogP contribution in [0, 0.1) is 0 Å². The van der Waals surface area contributed by atoms with E-state index in [1.807, 2.05) is 0 Å². The minimum Gasteiger partial charge on any atom is -0.480 e. The lowest BCUT2D eigenvalue weighted by Gasteiger charge is -2.05. The molecule has 0 aliphatic carbocycles. The molecule has 9 heavy (non-hydrogen) atoms. The number of aliphatic carboxylic acids is 1. The molecule has 0 rings (SSSR count). The van der Waals surface area contributed by atoms with Gasteiger partial charge in [-0.3, -0.25) is 4.79 Å². The zero-order valence-corrected chi connectivity index (χ0v) is 5.43. The normalized spacial score (nSPS) is 13.1. The number of rotatable bonds is 4. The van der Waals surface area contributed by atoms with Gasteiger partial charge in [0.1, 0.15) is 6.04 Å². The Morgan fingerprint density at radius 2 is 2.33 bits per heavy atom. The monoisotopic (exact) mass is 153 g/mol. The molecule has 0 aromatic heterocycles. The average molecular weight is 154 g/mol. The molecule has 0 aliphatic heterocycles. The third-order valence-electron chi connectivity index (χ3n) is 0.852. The zero-order chi connectivity index (χ0) is 7.28. The van der Waals surface area contributed by atoms with Gasteiger partial charge in [0.25, 0.3) is 0 Å². The first-order valence-electron chi connectivity index (χ1n) is 2.40. The van der Waals surface area contributed by atoms with Gasteiger partial charge in [-0.25, -0.2) is 0 Å². The van der Waals surface area contributed by atoms with Crippen molar-refractivity contribution in [3.63, 3.8) is 0 Å². The minimum atomic E-state index is -1.10. The van der Waals surface area contributed by atoms with E-state index in [1.54, 1.807) is 5.48 Å². The highest BCUT2D eigenvalue weighted by atomic mass is 35.5. The van der Waals surface area contributed by atoms with Crippen LogP contribution in [0.2, 0.25) is 0 Å². The van der Waals surface area contributed by atoms with Crippen molar-refractivity contribution in [2.75, 3.05) is 5.88 Å². The first kappa shape index (κ1) is 8.68. The summed E-state index contributed by atoms with van der Waals surface area (Å²) in [5, 5.41) is 16.4. The Labute approximate surface area is 57.4 Å². The minimum absolute atomic E-state index is 0.213. The zero-order valence-electron chi connectivity index (χ0n) is 4.67. The van der Waals surface area contributed by atoms with Crippen LogP contribution in [0.25, 0.3) is 0 Å². The van der Waals surface area contributed by atoms with Gasteiger partial charge < -0.3 is 10.3 Å². The van der Waals surface area contributed by atoms with Crippen LogP contribution in [0.3, 0.4) is 0 Å². The molecule has 0 bridgehead atoms. The molecule has 0 saturated heterocycles. The van der Waals surface area contributed by atoms with Crippen molar-refractivity contribution in [2.45, 2.75) is 12.5 Å². The van der Waals surface area contributed by atoms with Gasteiger partial charge in [0.15, 0.2) is 0 Å². The van der Waals surface area contributed by atoms with Gasteiger partial charge in [-0.15, -0.1) is 11.6 Å². The summed E-state index contributed by atoms with van der Waals surface area (Å²) in [5.41, 5.74) is 1.62. The number of halogens is 1. The number of carboxylic acids is 1. The summed E-state index contributed by atoms with van der Waals surface area (Å²) in [6.07, 6.45) is 0.216. The Morgan fingerprint density at radius 1 is 1.78 bits per heavy atom. The van der Waals surface area contributed by atoms with Crippen LogP contribution in [0.1, 0.15) is 6.42 Å². The van der Waals surface area contributed by atoms with Crippen LogP contribution in [-0.4, -0.2) is 28.2 Å². The van der Waals surface area contributed by atoms with Crippen molar-refractivity contribution >= 4 is 17.6 Å². The van der Waals surface area contributed by atoms with Crippen molar-refractivity contribution in [3.8, 4) is 0 Å².